The van der Waals surface area contributed by atoms with Crippen molar-refractivity contribution in [1.82, 2.24) is 5.43 Å². The third-order valence-electron chi connectivity index (χ3n) is 3.35. The first kappa shape index (κ1) is 17.6. The minimum atomic E-state index is -0.986. The van der Waals surface area contributed by atoms with Crippen LogP contribution in [-0.2, 0) is 0 Å². The summed E-state index contributed by atoms with van der Waals surface area (Å²) in [4.78, 5) is 10.9. The van der Waals surface area contributed by atoms with Crippen molar-refractivity contribution in [3.63, 3.8) is 0 Å². The molecule has 0 atom stereocenters. The first-order chi connectivity index (χ1) is 11.5. The van der Waals surface area contributed by atoms with Crippen LogP contribution in [0, 0.1) is 0 Å². The van der Waals surface area contributed by atoms with Gasteiger partial charge in [0.2, 0.25) is 0 Å². The van der Waals surface area contributed by atoms with Crippen molar-refractivity contribution >= 4 is 35.2 Å². The maximum Gasteiger partial charge on any atom is 0.335 e. The molecule has 0 heterocycles. The molecule has 2 rings (SSSR count). The van der Waals surface area contributed by atoms with E-state index in [9.17, 15) is 4.79 Å². The molecule has 124 valence electrons. The summed E-state index contributed by atoms with van der Waals surface area (Å²) < 4.78 is 0. The minimum absolute atomic E-state index is 0.191. The smallest absolute Gasteiger partial charge is 0.335 e. The molecule has 6 heteroatoms. The number of nitrogens with zero attached hydrogens (tertiary/aromatic N) is 1. The quantitative estimate of drug-likeness (QED) is 0.438. The molecule has 0 amide bonds. The molecule has 2 aromatic carbocycles. The van der Waals surface area contributed by atoms with Crippen LogP contribution in [0.15, 0.2) is 53.6 Å². The molecule has 0 aromatic heterocycles. The summed E-state index contributed by atoms with van der Waals surface area (Å²) in [5, 5.41) is 16.2. The van der Waals surface area contributed by atoms with Crippen molar-refractivity contribution in [2.75, 3.05) is 5.32 Å². The molecule has 2 aromatic rings. The lowest BCUT2D eigenvalue weighted by atomic mass is 10.0. The van der Waals surface area contributed by atoms with Crippen LogP contribution >= 0.6 is 12.2 Å². The Morgan fingerprint density at radius 1 is 1.21 bits per heavy atom. The highest BCUT2D eigenvalue weighted by Gasteiger charge is 2.04. The van der Waals surface area contributed by atoms with Crippen LogP contribution in [0.5, 0.6) is 0 Å². The number of rotatable bonds is 5. The second-order valence-electron chi connectivity index (χ2n) is 5.53. The summed E-state index contributed by atoms with van der Waals surface area (Å²) in [7, 11) is 0. The number of benzene rings is 2. The number of carboxylic acid groups (broad SMARTS) is 1. The van der Waals surface area contributed by atoms with Crippen LogP contribution < -0.4 is 10.7 Å². The Balaban J connectivity index is 1.90. The highest BCUT2D eigenvalue weighted by molar-refractivity contribution is 7.80. The molecule has 0 aliphatic heterocycles. The zero-order valence-electron chi connectivity index (χ0n) is 13.5. The van der Waals surface area contributed by atoms with Crippen LogP contribution in [0.3, 0.4) is 0 Å². The molecule has 3 N–H and O–H groups in total. The van der Waals surface area contributed by atoms with Gasteiger partial charge in [0.15, 0.2) is 5.11 Å². The minimum Gasteiger partial charge on any atom is -0.478 e. The van der Waals surface area contributed by atoms with E-state index in [0.29, 0.717) is 11.6 Å². The highest BCUT2D eigenvalue weighted by atomic mass is 32.1. The SMILES string of the molecule is CC(C)c1ccc(/C=N/NC(=S)Nc2cccc(C(=O)O)c2)cc1. The Morgan fingerprint density at radius 2 is 1.92 bits per heavy atom. The topological polar surface area (TPSA) is 73.7 Å². The third-order valence-corrected chi connectivity index (χ3v) is 3.54. The van der Waals surface area contributed by atoms with Gasteiger partial charge < -0.3 is 10.4 Å². The highest BCUT2D eigenvalue weighted by Crippen LogP contribution is 2.14. The van der Waals surface area contributed by atoms with Crippen molar-refractivity contribution in [2.24, 2.45) is 5.10 Å². The fourth-order valence-electron chi connectivity index (χ4n) is 2.02. The number of hydrogen-bond acceptors (Lipinski definition) is 3. The Kier molecular flexibility index (Phi) is 6.03. The standard InChI is InChI=1S/C18H19N3O2S/c1-12(2)14-8-6-13(7-9-14)11-19-21-18(24)20-16-5-3-4-15(10-16)17(22)23/h3-12H,1-2H3,(H,22,23)(H2,20,21,24)/b19-11+. The molecular weight excluding hydrogens is 322 g/mol. The number of anilines is 1. The van der Waals surface area contributed by atoms with Gasteiger partial charge in [-0.25, -0.2) is 4.79 Å². The van der Waals surface area contributed by atoms with Crippen LogP contribution in [0.2, 0.25) is 0 Å². The molecule has 5 nitrogen and oxygen atoms in total. The summed E-state index contributed by atoms with van der Waals surface area (Å²) in [5.41, 5.74) is 5.72. The van der Waals surface area contributed by atoms with E-state index in [1.807, 2.05) is 12.1 Å². The molecule has 0 saturated carbocycles. The van der Waals surface area contributed by atoms with Gasteiger partial charge >= 0.3 is 5.97 Å². The molecule has 0 radical (unpaired) electrons. The summed E-state index contributed by atoms with van der Waals surface area (Å²) in [6.45, 7) is 4.29. The van der Waals surface area contributed by atoms with Crippen LogP contribution in [0.25, 0.3) is 0 Å². The molecule has 0 fully saturated rings. The van der Waals surface area contributed by atoms with Gasteiger partial charge in [-0.05, 0) is 47.5 Å². The van der Waals surface area contributed by atoms with Crippen molar-refractivity contribution in [3.8, 4) is 0 Å². The van der Waals surface area contributed by atoms with E-state index in [0.717, 1.165) is 5.56 Å². The van der Waals surface area contributed by atoms with Crippen LogP contribution in [0.4, 0.5) is 5.69 Å². The van der Waals surface area contributed by atoms with E-state index in [1.54, 1.807) is 18.3 Å². The Morgan fingerprint density at radius 3 is 2.54 bits per heavy atom. The van der Waals surface area contributed by atoms with Crippen LogP contribution in [-0.4, -0.2) is 22.4 Å². The normalized spacial score (nSPS) is 10.8. The molecular formula is C18H19N3O2S. The van der Waals surface area contributed by atoms with Gasteiger partial charge in [-0.15, -0.1) is 0 Å². The molecule has 0 saturated heterocycles. The van der Waals surface area contributed by atoms with E-state index >= 15 is 0 Å². The van der Waals surface area contributed by atoms with Gasteiger partial charge in [0.25, 0.3) is 0 Å². The largest absolute Gasteiger partial charge is 0.478 e. The lowest BCUT2D eigenvalue weighted by molar-refractivity contribution is 0.0697. The first-order valence-electron chi connectivity index (χ1n) is 7.49. The number of aromatic carboxylic acids is 1. The second kappa shape index (κ2) is 8.21. The van der Waals surface area contributed by atoms with E-state index in [1.165, 1.54) is 17.7 Å². The maximum absolute atomic E-state index is 10.9. The van der Waals surface area contributed by atoms with Gasteiger partial charge in [0.1, 0.15) is 0 Å². The zero-order valence-corrected chi connectivity index (χ0v) is 14.3. The zero-order chi connectivity index (χ0) is 17.5. The fraction of sp³-hybridized carbons (Fsp3) is 0.167. The van der Waals surface area contributed by atoms with Crippen LogP contribution in [0.1, 0.15) is 41.3 Å². The molecule has 0 spiro atoms. The number of thiocarbonyl (C=S) groups is 1. The molecule has 0 bridgehead atoms. The Hall–Kier alpha value is -2.73. The summed E-state index contributed by atoms with van der Waals surface area (Å²) >= 11 is 5.13. The summed E-state index contributed by atoms with van der Waals surface area (Å²) in [6, 6.07) is 14.5. The van der Waals surface area contributed by atoms with E-state index in [4.69, 9.17) is 17.3 Å². The summed E-state index contributed by atoms with van der Waals surface area (Å²) in [5.74, 6) is -0.493. The van der Waals surface area contributed by atoms with Gasteiger partial charge in [0.05, 0.1) is 11.8 Å². The average Bonchev–Trinajstić information content (AvgIpc) is 2.55. The number of carbonyl (C=O) groups is 1. The summed E-state index contributed by atoms with van der Waals surface area (Å²) in [6.07, 6.45) is 1.67. The van der Waals surface area contributed by atoms with Crippen molar-refractivity contribution in [2.45, 2.75) is 19.8 Å². The number of hydrogen-bond donors (Lipinski definition) is 3. The van der Waals surface area contributed by atoms with Gasteiger partial charge in [-0.1, -0.05) is 44.2 Å². The van der Waals surface area contributed by atoms with E-state index in [-0.39, 0.29) is 10.7 Å². The Bertz CT molecular complexity index is 755. The van der Waals surface area contributed by atoms with Crippen molar-refractivity contribution < 1.29 is 9.90 Å². The molecule has 0 unspecified atom stereocenters. The lowest BCUT2D eigenvalue weighted by Crippen LogP contribution is -2.24. The number of hydrazone groups is 1. The van der Waals surface area contributed by atoms with Crippen molar-refractivity contribution in [3.05, 3.63) is 65.2 Å². The predicted molar refractivity (Wildman–Crippen MR) is 101 cm³/mol. The van der Waals surface area contributed by atoms with Gasteiger partial charge in [-0.3, -0.25) is 5.43 Å². The van der Waals surface area contributed by atoms with E-state index in [2.05, 4.69) is 41.8 Å². The molecule has 0 aliphatic rings. The second-order valence-corrected chi connectivity index (χ2v) is 5.94. The maximum atomic E-state index is 10.9. The van der Waals surface area contributed by atoms with Crippen molar-refractivity contribution in [1.29, 1.82) is 0 Å². The predicted octanol–water partition coefficient (Wildman–Crippen LogP) is 3.83. The monoisotopic (exact) mass is 341 g/mol. The van der Waals surface area contributed by atoms with Gasteiger partial charge in [0, 0.05) is 5.69 Å². The van der Waals surface area contributed by atoms with E-state index < -0.39 is 5.97 Å². The average molecular weight is 341 g/mol. The molecule has 0 aliphatic carbocycles. The third kappa shape index (κ3) is 5.17. The molecule has 24 heavy (non-hydrogen) atoms. The lowest BCUT2D eigenvalue weighted by Gasteiger charge is -2.07. The Labute approximate surface area is 146 Å². The first-order valence-corrected chi connectivity index (χ1v) is 7.90. The van der Waals surface area contributed by atoms with Gasteiger partial charge in [-0.2, -0.15) is 5.10 Å². The number of nitrogens with one attached hydrogen (secondary N) is 2. The number of carboxylic acids is 1. The fourth-order valence-corrected chi connectivity index (χ4v) is 2.19.